The van der Waals surface area contributed by atoms with Gasteiger partial charge >= 0.3 is 0 Å². The molecule has 40 heavy (non-hydrogen) atoms. The largest absolute Gasteiger partial charge is 0.387 e. The van der Waals surface area contributed by atoms with E-state index in [4.69, 9.17) is 15.0 Å². The van der Waals surface area contributed by atoms with E-state index >= 15 is 0 Å². The molecule has 6 heteroatoms. The third kappa shape index (κ3) is 3.81. The Morgan fingerprint density at radius 2 is 1.40 bits per heavy atom. The second-order valence-electron chi connectivity index (χ2n) is 9.78. The molecule has 0 atom stereocenters. The van der Waals surface area contributed by atoms with Crippen molar-refractivity contribution in [3.05, 3.63) is 127 Å². The molecule has 0 fully saturated rings. The lowest BCUT2D eigenvalue weighted by molar-refractivity contribution is 0.852. The third-order valence-electron chi connectivity index (χ3n) is 7.35. The molecule has 1 aliphatic rings. The van der Waals surface area contributed by atoms with E-state index in [2.05, 4.69) is 101 Å². The van der Waals surface area contributed by atoms with Gasteiger partial charge in [0.25, 0.3) is 0 Å². The Kier molecular flexibility index (Phi) is 5.31. The highest BCUT2D eigenvalue weighted by molar-refractivity contribution is 7.21. The Balaban J connectivity index is 1.15. The van der Waals surface area contributed by atoms with Crippen molar-refractivity contribution in [2.75, 3.05) is 0 Å². The van der Waals surface area contributed by atoms with E-state index in [0.29, 0.717) is 0 Å². The maximum absolute atomic E-state index is 5.09. The number of rotatable bonds is 4. The van der Waals surface area contributed by atoms with Gasteiger partial charge in [-0.15, -0.1) is 11.3 Å². The number of pyridine rings is 2. The smallest absolute Gasteiger partial charge is 0.138 e. The zero-order valence-corrected chi connectivity index (χ0v) is 22.3. The van der Waals surface area contributed by atoms with Gasteiger partial charge in [0, 0.05) is 28.6 Å². The summed E-state index contributed by atoms with van der Waals surface area (Å²) in [4.78, 5) is 14.9. The van der Waals surface area contributed by atoms with Gasteiger partial charge in [-0.05, 0) is 54.7 Å². The number of para-hydroxylation sites is 2. The minimum atomic E-state index is 0.806. The zero-order chi connectivity index (χ0) is 26.5. The minimum absolute atomic E-state index is 0.806. The molecule has 0 spiro atoms. The van der Waals surface area contributed by atoms with Crippen LogP contribution in [0, 0.1) is 0 Å². The summed E-state index contributed by atoms with van der Waals surface area (Å²) in [6.07, 6.45) is 4.14. The number of thiazole rings is 1. The van der Waals surface area contributed by atoms with E-state index in [0.717, 1.165) is 56.6 Å². The first-order chi connectivity index (χ1) is 19.8. The summed E-state index contributed by atoms with van der Waals surface area (Å²) in [5.74, 6) is 0.883. The summed E-state index contributed by atoms with van der Waals surface area (Å²) < 4.78 is 3.45. The number of nitrogens with one attached hydrogen (secondary N) is 1. The van der Waals surface area contributed by atoms with Crippen LogP contribution < -0.4 is 5.32 Å². The monoisotopic (exact) mass is 533 g/mol. The molecule has 0 amide bonds. The van der Waals surface area contributed by atoms with E-state index in [9.17, 15) is 0 Å². The number of benzene rings is 3. The van der Waals surface area contributed by atoms with Crippen LogP contribution in [0.15, 0.2) is 115 Å². The first-order valence-electron chi connectivity index (χ1n) is 13.3. The van der Waals surface area contributed by atoms with Crippen molar-refractivity contribution >= 4 is 38.5 Å². The third-order valence-corrected chi connectivity index (χ3v) is 8.44. The zero-order valence-electron chi connectivity index (χ0n) is 21.5. The van der Waals surface area contributed by atoms with Gasteiger partial charge in [0.15, 0.2) is 0 Å². The van der Waals surface area contributed by atoms with Gasteiger partial charge in [-0.3, -0.25) is 4.57 Å². The van der Waals surface area contributed by atoms with Crippen LogP contribution in [-0.2, 0) is 6.54 Å². The highest BCUT2D eigenvalue weighted by Crippen LogP contribution is 2.33. The molecule has 5 nitrogen and oxygen atoms in total. The first kappa shape index (κ1) is 22.9. The Hall–Kier alpha value is -5.07. The predicted molar refractivity (Wildman–Crippen MR) is 164 cm³/mol. The van der Waals surface area contributed by atoms with Crippen LogP contribution in [0.4, 0.5) is 0 Å². The average molecular weight is 534 g/mol. The summed E-state index contributed by atoms with van der Waals surface area (Å²) in [7, 11) is 0. The molecule has 0 unspecified atom stereocenters. The normalized spacial score (nSPS) is 12.5. The second-order valence-corrected chi connectivity index (χ2v) is 10.8. The standard InChI is InChI=1S/C34H23N5S/c1-3-12-30-24(7-1)25-21-35-20-19-31(25)39(30)33-14-6-11-28(37-33)27-10-5-9-26(36-27)22-15-17-23(18-16-22)34-38-29-8-2-4-13-32(29)40-34/h1-20,35H,21H2. The molecule has 5 heterocycles. The van der Waals surface area contributed by atoms with Crippen molar-refractivity contribution in [1.82, 2.24) is 24.8 Å². The fourth-order valence-corrected chi connectivity index (χ4v) is 6.41. The molecule has 7 aromatic rings. The molecule has 1 aliphatic heterocycles. The van der Waals surface area contributed by atoms with E-state index in [-0.39, 0.29) is 0 Å². The van der Waals surface area contributed by atoms with Crippen LogP contribution in [0.5, 0.6) is 0 Å². The Labute approximate surface area is 235 Å². The lowest BCUT2D eigenvalue weighted by Gasteiger charge is -2.13. The summed E-state index contributed by atoms with van der Waals surface area (Å²) >= 11 is 1.72. The number of hydrogen-bond donors (Lipinski definition) is 1. The van der Waals surface area contributed by atoms with Crippen molar-refractivity contribution < 1.29 is 0 Å². The van der Waals surface area contributed by atoms with Gasteiger partial charge in [0.1, 0.15) is 10.8 Å². The highest BCUT2D eigenvalue weighted by Gasteiger charge is 2.19. The SMILES string of the molecule is C1=Cc2c(c3ccccc3n2-c2cccc(-c3cccc(-c4ccc(-c5nc6ccccc6s5)cc4)n3)n2)CN1. The molecule has 3 aromatic carbocycles. The Morgan fingerprint density at radius 1 is 0.650 bits per heavy atom. The first-order valence-corrected chi connectivity index (χ1v) is 14.1. The molecule has 0 aliphatic carbocycles. The molecule has 0 saturated carbocycles. The van der Waals surface area contributed by atoms with Crippen LogP contribution in [0.3, 0.4) is 0 Å². The highest BCUT2D eigenvalue weighted by atomic mass is 32.1. The van der Waals surface area contributed by atoms with Gasteiger partial charge < -0.3 is 5.32 Å². The summed E-state index contributed by atoms with van der Waals surface area (Å²) in [6, 6.07) is 37.6. The Morgan fingerprint density at radius 3 is 2.30 bits per heavy atom. The van der Waals surface area contributed by atoms with E-state index in [1.54, 1.807) is 11.3 Å². The molecule has 190 valence electrons. The molecule has 0 radical (unpaired) electrons. The van der Waals surface area contributed by atoms with Gasteiger partial charge in [-0.2, -0.15) is 0 Å². The predicted octanol–water partition coefficient (Wildman–Crippen LogP) is 8.11. The van der Waals surface area contributed by atoms with Gasteiger partial charge in [-0.1, -0.05) is 66.7 Å². The Bertz CT molecular complexity index is 2030. The van der Waals surface area contributed by atoms with Crippen molar-refractivity contribution in [1.29, 1.82) is 0 Å². The van der Waals surface area contributed by atoms with Crippen molar-refractivity contribution in [2.24, 2.45) is 0 Å². The van der Waals surface area contributed by atoms with E-state index in [1.807, 2.05) is 30.5 Å². The van der Waals surface area contributed by atoms with Crippen molar-refractivity contribution in [2.45, 2.75) is 6.54 Å². The summed E-state index contributed by atoms with van der Waals surface area (Å²) in [5.41, 5.74) is 9.43. The maximum Gasteiger partial charge on any atom is 0.138 e. The quantitative estimate of drug-likeness (QED) is 0.248. The minimum Gasteiger partial charge on any atom is -0.387 e. The molecular formula is C34H23N5S. The molecule has 0 bridgehead atoms. The molecule has 4 aromatic heterocycles. The second kappa shape index (κ2) is 9.29. The summed E-state index contributed by atoms with van der Waals surface area (Å²) in [5, 5.41) is 5.62. The average Bonchev–Trinajstić information content (AvgIpc) is 3.61. The van der Waals surface area contributed by atoms with Gasteiger partial charge in [0.05, 0.1) is 38.5 Å². The van der Waals surface area contributed by atoms with Crippen LogP contribution in [-0.4, -0.2) is 19.5 Å². The number of nitrogens with zero attached hydrogens (tertiary/aromatic N) is 4. The van der Waals surface area contributed by atoms with E-state index in [1.165, 1.54) is 21.3 Å². The van der Waals surface area contributed by atoms with E-state index < -0.39 is 0 Å². The van der Waals surface area contributed by atoms with Crippen molar-refractivity contribution in [3.8, 4) is 39.0 Å². The fourth-order valence-electron chi connectivity index (χ4n) is 5.44. The van der Waals surface area contributed by atoms with Crippen LogP contribution >= 0.6 is 11.3 Å². The number of aromatic nitrogens is 4. The molecule has 8 rings (SSSR count). The number of fused-ring (bicyclic) bond motifs is 4. The lowest BCUT2D eigenvalue weighted by Crippen LogP contribution is -2.11. The van der Waals surface area contributed by atoms with Gasteiger partial charge in [0.2, 0.25) is 0 Å². The molecule has 0 saturated heterocycles. The van der Waals surface area contributed by atoms with Crippen LogP contribution in [0.2, 0.25) is 0 Å². The fraction of sp³-hybridized carbons (Fsp3) is 0.0294. The topological polar surface area (TPSA) is 55.6 Å². The number of hydrogen-bond acceptors (Lipinski definition) is 5. The van der Waals surface area contributed by atoms with Crippen LogP contribution in [0.25, 0.3) is 66.2 Å². The summed E-state index contributed by atoms with van der Waals surface area (Å²) in [6.45, 7) is 0.806. The lowest BCUT2D eigenvalue weighted by atomic mass is 10.1. The van der Waals surface area contributed by atoms with Crippen LogP contribution in [0.1, 0.15) is 11.3 Å². The molecule has 1 N–H and O–H groups in total. The van der Waals surface area contributed by atoms with Gasteiger partial charge in [-0.25, -0.2) is 15.0 Å². The molecular weight excluding hydrogens is 510 g/mol. The van der Waals surface area contributed by atoms with Crippen molar-refractivity contribution in [3.63, 3.8) is 0 Å². The maximum atomic E-state index is 5.09.